The Bertz CT molecular complexity index is 937. The van der Waals surface area contributed by atoms with Crippen molar-refractivity contribution in [2.24, 2.45) is 0 Å². The second-order valence-electron chi connectivity index (χ2n) is 4.86. The van der Waals surface area contributed by atoms with E-state index in [0.29, 0.717) is 21.9 Å². The van der Waals surface area contributed by atoms with Gasteiger partial charge < -0.3 is 14.6 Å². The van der Waals surface area contributed by atoms with Gasteiger partial charge >= 0.3 is 0 Å². The molecule has 0 spiro atoms. The molecule has 118 valence electrons. The van der Waals surface area contributed by atoms with Crippen LogP contribution in [0, 0.1) is 11.3 Å². The van der Waals surface area contributed by atoms with E-state index in [0.717, 1.165) is 10.2 Å². The summed E-state index contributed by atoms with van der Waals surface area (Å²) in [4.78, 5) is 15.0. The molecule has 0 fully saturated rings. The molecule has 0 aliphatic rings. The van der Waals surface area contributed by atoms with E-state index in [9.17, 15) is 15.2 Å². The Kier molecular flexibility index (Phi) is 4.54. The van der Waals surface area contributed by atoms with Gasteiger partial charge in [0.2, 0.25) is 0 Å². The summed E-state index contributed by atoms with van der Waals surface area (Å²) < 4.78 is 6.20. The maximum atomic E-state index is 10.6. The van der Waals surface area contributed by atoms with Crippen LogP contribution in [0.25, 0.3) is 21.9 Å². The fourth-order valence-corrected chi connectivity index (χ4v) is 3.08. The van der Waals surface area contributed by atoms with Crippen LogP contribution in [-0.4, -0.2) is 17.6 Å². The van der Waals surface area contributed by atoms with Crippen LogP contribution in [0.4, 0.5) is 0 Å². The number of carboxylic acids is 1. The average Bonchev–Trinajstić information content (AvgIpc) is 3.02. The number of aliphatic carboxylic acids is 1. The highest BCUT2D eigenvalue weighted by atomic mass is 32.1. The van der Waals surface area contributed by atoms with Gasteiger partial charge in [-0.15, -0.1) is 11.3 Å². The fraction of sp³-hybridized carbons (Fsp3) is 0.0556. The zero-order valence-corrected chi connectivity index (χ0v) is 13.2. The van der Waals surface area contributed by atoms with Gasteiger partial charge in [-0.3, -0.25) is 0 Å². The molecule has 24 heavy (non-hydrogen) atoms. The first kappa shape index (κ1) is 15.7. The molecule has 6 heteroatoms. The number of carbonyl (C=O) groups is 1. The number of fused-ring (bicyclic) bond motifs is 1. The van der Waals surface area contributed by atoms with E-state index in [2.05, 4.69) is 11.1 Å². The number of thiazole rings is 1. The van der Waals surface area contributed by atoms with Crippen molar-refractivity contribution in [3.8, 4) is 11.8 Å². The minimum Gasteiger partial charge on any atom is -0.546 e. The first-order valence-corrected chi connectivity index (χ1v) is 7.88. The summed E-state index contributed by atoms with van der Waals surface area (Å²) in [5.41, 5.74) is 1.83. The summed E-state index contributed by atoms with van der Waals surface area (Å²) in [7, 11) is 0. The van der Waals surface area contributed by atoms with Crippen LogP contribution in [-0.2, 0) is 4.79 Å². The van der Waals surface area contributed by atoms with Gasteiger partial charge in [-0.05, 0) is 24.3 Å². The Hall–Kier alpha value is -3.17. The Balaban J connectivity index is 1.99. The number of para-hydroxylation sites is 2. The van der Waals surface area contributed by atoms with E-state index in [1.54, 1.807) is 30.3 Å². The zero-order valence-electron chi connectivity index (χ0n) is 12.4. The second kappa shape index (κ2) is 6.94. The summed E-state index contributed by atoms with van der Waals surface area (Å²) in [6, 6.07) is 16.7. The number of hydrogen-bond donors (Lipinski definition) is 0. The minimum absolute atomic E-state index is 0.371. The van der Waals surface area contributed by atoms with Crippen molar-refractivity contribution in [3.63, 3.8) is 0 Å². The van der Waals surface area contributed by atoms with Crippen LogP contribution in [0.15, 0.2) is 48.5 Å². The highest BCUT2D eigenvalue weighted by Crippen LogP contribution is 2.29. The molecule has 0 saturated carbocycles. The third-order valence-electron chi connectivity index (χ3n) is 3.21. The molecular formula is C18H11N2O3S-. The number of aromatic nitrogens is 1. The van der Waals surface area contributed by atoms with Crippen LogP contribution < -0.4 is 9.84 Å². The van der Waals surface area contributed by atoms with Crippen molar-refractivity contribution in [2.75, 3.05) is 6.61 Å². The number of carboxylic acid groups (broad SMARTS) is 1. The summed E-state index contributed by atoms with van der Waals surface area (Å²) in [6.07, 6.45) is 1.64. The average molecular weight is 335 g/mol. The molecule has 0 radical (unpaired) electrons. The van der Waals surface area contributed by atoms with Gasteiger partial charge in [0.15, 0.2) is 0 Å². The Morgan fingerprint density at radius 3 is 2.75 bits per heavy atom. The molecule has 3 rings (SSSR count). The first-order chi connectivity index (χ1) is 11.7. The molecule has 0 atom stereocenters. The molecule has 1 aromatic heterocycles. The van der Waals surface area contributed by atoms with Crippen molar-refractivity contribution in [1.29, 1.82) is 5.26 Å². The minimum atomic E-state index is -1.31. The van der Waals surface area contributed by atoms with Gasteiger partial charge in [0.05, 0.1) is 21.8 Å². The SMILES string of the molecule is N#C/C(=C\c1ccccc1OCC(=O)[O-])c1nc2ccccc2s1. The van der Waals surface area contributed by atoms with E-state index in [-0.39, 0.29) is 0 Å². The Labute approximate surface area is 142 Å². The summed E-state index contributed by atoms with van der Waals surface area (Å²) in [6.45, 7) is -0.548. The monoisotopic (exact) mass is 335 g/mol. The van der Waals surface area contributed by atoms with Gasteiger partial charge in [0.25, 0.3) is 0 Å². The number of nitriles is 1. The number of nitrogens with zero attached hydrogens (tertiary/aromatic N) is 2. The highest BCUT2D eigenvalue weighted by molar-refractivity contribution is 7.19. The van der Waals surface area contributed by atoms with E-state index in [1.165, 1.54) is 11.3 Å². The van der Waals surface area contributed by atoms with Crippen LogP contribution in [0.1, 0.15) is 10.6 Å². The van der Waals surface area contributed by atoms with Crippen LogP contribution in [0.5, 0.6) is 5.75 Å². The summed E-state index contributed by atoms with van der Waals surface area (Å²) >= 11 is 1.43. The molecule has 0 N–H and O–H groups in total. The Morgan fingerprint density at radius 2 is 2.00 bits per heavy atom. The van der Waals surface area contributed by atoms with Crippen LogP contribution in [0.3, 0.4) is 0 Å². The van der Waals surface area contributed by atoms with E-state index in [4.69, 9.17) is 4.74 Å². The molecule has 3 aromatic rings. The normalized spacial score (nSPS) is 11.2. The van der Waals surface area contributed by atoms with Gasteiger partial charge in [0, 0.05) is 5.56 Å². The van der Waals surface area contributed by atoms with Gasteiger partial charge in [0.1, 0.15) is 23.4 Å². The standard InChI is InChI=1S/C18H12N2O3S/c19-10-13(18-20-14-6-2-4-8-16(14)24-18)9-12-5-1-3-7-15(12)23-11-17(21)22/h1-9H,11H2,(H,21,22)/p-1/b13-9+. The molecule has 0 aliphatic heterocycles. The molecule has 2 aromatic carbocycles. The fourth-order valence-electron chi connectivity index (χ4n) is 2.15. The van der Waals surface area contributed by atoms with Crippen molar-refractivity contribution in [2.45, 2.75) is 0 Å². The largest absolute Gasteiger partial charge is 0.546 e. The smallest absolute Gasteiger partial charge is 0.135 e. The number of hydrogen-bond acceptors (Lipinski definition) is 6. The molecule has 0 aliphatic carbocycles. The first-order valence-electron chi connectivity index (χ1n) is 7.07. The summed E-state index contributed by atoms with van der Waals surface area (Å²) in [5.74, 6) is -0.934. The van der Waals surface area contributed by atoms with Crippen molar-refractivity contribution >= 4 is 39.2 Å². The van der Waals surface area contributed by atoms with Gasteiger partial charge in [-0.1, -0.05) is 30.3 Å². The highest BCUT2D eigenvalue weighted by Gasteiger charge is 2.10. The molecular weight excluding hydrogens is 324 g/mol. The van der Waals surface area contributed by atoms with E-state index < -0.39 is 12.6 Å². The number of allylic oxidation sites excluding steroid dienone is 1. The lowest BCUT2D eigenvalue weighted by Crippen LogP contribution is -2.29. The number of ether oxygens (including phenoxy) is 1. The second-order valence-corrected chi connectivity index (χ2v) is 5.89. The molecule has 0 saturated heterocycles. The van der Waals surface area contributed by atoms with E-state index >= 15 is 0 Å². The summed E-state index contributed by atoms with van der Waals surface area (Å²) in [5, 5.41) is 20.7. The van der Waals surface area contributed by atoms with Gasteiger partial charge in [-0.25, -0.2) is 4.98 Å². The molecule has 1 heterocycles. The lowest BCUT2D eigenvalue weighted by atomic mass is 10.1. The molecule has 5 nitrogen and oxygen atoms in total. The predicted octanol–water partition coefficient (Wildman–Crippen LogP) is 2.49. The van der Waals surface area contributed by atoms with Crippen LogP contribution >= 0.6 is 11.3 Å². The van der Waals surface area contributed by atoms with Crippen molar-refractivity contribution in [1.82, 2.24) is 4.98 Å². The van der Waals surface area contributed by atoms with E-state index in [1.807, 2.05) is 24.3 Å². The predicted molar refractivity (Wildman–Crippen MR) is 90.0 cm³/mol. The quantitative estimate of drug-likeness (QED) is 0.669. The van der Waals surface area contributed by atoms with Crippen molar-refractivity contribution in [3.05, 3.63) is 59.1 Å². The van der Waals surface area contributed by atoms with Crippen LogP contribution in [0.2, 0.25) is 0 Å². The number of carbonyl (C=O) groups excluding carboxylic acids is 1. The third kappa shape index (κ3) is 3.42. The maximum absolute atomic E-state index is 10.6. The topological polar surface area (TPSA) is 86.0 Å². The lowest BCUT2D eigenvalue weighted by molar-refractivity contribution is -0.307. The number of rotatable bonds is 5. The molecule has 0 unspecified atom stereocenters. The van der Waals surface area contributed by atoms with Gasteiger partial charge in [-0.2, -0.15) is 5.26 Å². The lowest BCUT2D eigenvalue weighted by Gasteiger charge is -2.09. The Morgan fingerprint density at radius 1 is 1.25 bits per heavy atom. The zero-order chi connectivity index (χ0) is 16.9. The number of benzene rings is 2. The maximum Gasteiger partial charge on any atom is 0.135 e. The third-order valence-corrected chi connectivity index (χ3v) is 4.28. The molecule has 0 bridgehead atoms. The molecule has 0 amide bonds. The van der Waals surface area contributed by atoms with Crippen molar-refractivity contribution < 1.29 is 14.6 Å².